The summed E-state index contributed by atoms with van der Waals surface area (Å²) in [5.41, 5.74) is 13.4. The Morgan fingerprint density at radius 1 is 0.944 bits per heavy atom. The van der Waals surface area contributed by atoms with Crippen LogP contribution in [0.15, 0.2) is 60.9 Å². The smallest absolute Gasteiger partial charge is 0.227 e. The maximum atomic E-state index is 7.96. The van der Waals surface area contributed by atoms with Crippen LogP contribution in [0.1, 0.15) is 51.1 Å². The van der Waals surface area contributed by atoms with Crippen molar-refractivity contribution in [3.8, 4) is 11.1 Å². The minimum atomic E-state index is 0. The first-order valence-electron chi connectivity index (χ1n) is 12.7. The molecule has 1 radical (unpaired) electrons. The number of fused-ring (bicyclic) bond motifs is 1. The van der Waals surface area contributed by atoms with Crippen LogP contribution in [0.3, 0.4) is 0 Å². The zero-order valence-electron chi connectivity index (χ0n) is 21.1. The summed E-state index contributed by atoms with van der Waals surface area (Å²) in [4.78, 5) is 14.3. The number of hydrogen-bond donors (Lipinski definition) is 2. The van der Waals surface area contributed by atoms with Crippen molar-refractivity contribution in [2.75, 3.05) is 17.2 Å². The van der Waals surface area contributed by atoms with Gasteiger partial charge in [0.15, 0.2) is 17.0 Å². The molecular formula is C28H34AcN7-. The van der Waals surface area contributed by atoms with Crippen molar-refractivity contribution in [1.29, 1.82) is 0 Å². The van der Waals surface area contributed by atoms with Gasteiger partial charge in [-0.15, -0.1) is 6.04 Å². The zero-order valence-corrected chi connectivity index (χ0v) is 25.9. The predicted molar refractivity (Wildman–Crippen MR) is 144 cm³/mol. The quantitative estimate of drug-likeness (QED) is 0.220. The maximum Gasteiger partial charge on any atom is 0.227 e. The Morgan fingerprint density at radius 3 is 2.33 bits per heavy atom. The Kier molecular flexibility index (Phi) is 9.38. The van der Waals surface area contributed by atoms with Crippen LogP contribution in [-0.4, -0.2) is 38.1 Å². The summed E-state index contributed by atoms with van der Waals surface area (Å²) in [5.74, 6) is 1.41. The van der Waals surface area contributed by atoms with Crippen molar-refractivity contribution in [1.82, 2.24) is 19.5 Å². The number of nitrogens with zero attached hydrogens (tertiary/aromatic N) is 4. The van der Waals surface area contributed by atoms with E-state index in [2.05, 4.69) is 82.6 Å². The fraction of sp³-hybridized carbons (Fsp3) is 0.393. The molecule has 2 aromatic carbocycles. The van der Waals surface area contributed by atoms with Gasteiger partial charge in [0.1, 0.15) is 0 Å². The molecule has 1 aliphatic carbocycles. The third-order valence-electron chi connectivity index (χ3n) is 6.81. The van der Waals surface area contributed by atoms with Gasteiger partial charge in [-0.3, -0.25) is 0 Å². The standard InChI is InChI=1S/C28H34N7.Ac/c1-19(2)35-18-31-25-26(33-28(34-27(25)35)32-24-14-12-23(29)13-15-24)30-17-16-20-8-10-22(11-9-20)21-6-4-3-5-7-21;/h3-11,18-19,23-24,29H,12-17H2,1-2H3,(H2,30,32,33,34);/q-1;. The Hall–Kier alpha value is -2.01. The summed E-state index contributed by atoms with van der Waals surface area (Å²) in [5, 5.41) is 7.06. The Balaban J connectivity index is 0.00000304. The van der Waals surface area contributed by atoms with Gasteiger partial charge in [0, 0.05) is 62.7 Å². The number of hydrogen-bond acceptors (Lipinski definition) is 5. The van der Waals surface area contributed by atoms with Crippen molar-refractivity contribution in [3.63, 3.8) is 0 Å². The molecule has 3 N–H and O–H groups in total. The van der Waals surface area contributed by atoms with Crippen molar-refractivity contribution < 1.29 is 44.1 Å². The van der Waals surface area contributed by atoms with Gasteiger partial charge in [-0.2, -0.15) is 9.97 Å². The topological polar surface area (TPSA) is 91.5 Å². The zero-order chi connectivity index (χ0) is 24.2. The molecule has 1 saturated carbocycles. The minimum Gasteiger partial charge on any atom is -0.675 e. The third kappa shape index (κ3) is 6.46. The molecule has 5 rings (SSSR count). The summed E-state index contributed by atoms with van der Waals surface area (Å²) >= 11 is 0. The van der Waals surface area contributed by atoms with Crippen LogP contribution in [-0.2, 0) is 6.42 Å². The first-order chi connectivity index (χ1) is 17.1. The number of nitrogens with one attached hydrogen (secondary N) is 3. The molecule has 36 heavy (non-hydrogen) atoms. The molecule has 2 aromatic heterocycles. The molecule has 8 heteroatoms. The number of benzene rings is 2. The Labute approximate surface area is 249 Å². The molecule has 1 aliphatic rings. The van der Waals surface area contributed by atoms with E-state index in [1.807, 2.05) is 12.4 Å². The Morgan fingerprint density at radius 2 is 1.64 bits per heavy atom. The van der Waals surface area contributed by atoms with Gasteiger partial charge >= 0.3 is 0 Å². The number of anilines is 2. The molecule has 0 unspecified atom stereocenters. The molecule has 1 fully saturated rings. The summed E-state index contributed by atoms with van der Waals surface area (Å²) in [6.07, 6.45) is 6.58. The number of aromatic nitrogens is 4. The summed E-state index contributed by atoms with van der Waals surface area (Å²) in [7, 11) is 0. The minimum absolute atomic E-state index is 0. The number of rotatable bonds is 8. The second-order valence-electron chi connectivity index (χ2n) is 9.75. The second kappa shape index (κ2) is 12.5. The fourth-order valence-electron chi connectivity index (χ4n) is 4.72. The van der Waals surface area contributed by atoms with Gasteiger partial charge in [0.05, 0.1) is 6.33 Å². The molecule has 7 nitrogen and oxygen atoms in total. The molecule has 0 atom stereocenters. The molecule has 185 valence electrons. The van der Waals surface area contributed by atoms with E-state index < -0.39 is 0 Å². The molecular weight excluding hydrogens is 661 g/mol. The molecule has 0 aliphatic heterocycles. The van der Waals surface area contributed by atoms with Crippen molar-refractivity contribution in [2.24, 2.45) is 0 Å². The molecule has 2 heterocycles. The maximum absolute atomic E-state index is 7.96. The van der Waals surface area contributed by atoms with Crippen LogP contribution in [0.4, 0.5) is 11.8 Å². The normalized spacial score (nSPS) is 17.7. The molecule has 0 spiro atoms. The average Bonchev–Trinajstić information content (AvgIpc) is 3.31. The molecule has 0 bridgehead atoms. The van der Waals surface area contributed by atoms with Crippen LogP contribution >= 0.6 is 0 Å². The fourth-order valence-corrected chi connectivity index (χ4v) is 4.72. The first kappa shape index (κ1) is 27.0. The van der Waals surface area contributed by atoms with Gasteiger partial charge in [-0.25, -0.2) is 4.98 Å². The first-order valence-corrected chi connectivity index (χ1v) is 12.7. The van der Waals surface area contributed by atoms with Crippen LogP contribution < -0.4 is 10.6 Å². The van der Waals surface area contributed by atoms with E-state index in [0.29, 0.717) is 12.0 Å². The van der Waals surface area contributed by atoms with Crippen LogP contribution in [0.5, 0.6) is 0 Å². The van der Waals surface area contributed by atoms with Crippen LogP contribution in [0.2, 0.25) is 0 Å². The summed E-state index contributed by atoms with van der Waals surface area (Å²) in [6.45, 7) is 5.03. The second-order valence-corrected chi connectivity index (χ2v) is 9.75. The van der Waals surface area contributed by atoms with E-state index in [1.54, 1.807) is 0 Å². The van der Waals surface area contributed by atoms with Crippen molar-refractivity contribution in [2.45, 2.75) is 64.1 Å². The molecule has 4 aromatic rings. The van der Waals surface area contributed by atoms with Gasteiger partial charge < -0.3 is 20.9 Å². The van der Waals surface area contributed by atoms with Gasteiger partial charge in [-0.1, -0.05) is 67.4 Å². The monoisotopic (exact) mass is 695 g/mol. The van der Waals surface area contributed by atoms with E-state index >= 15 is 0 Å². The SMILES string of the molecule is CC(C)n1cnc2c(NCCc3ccc(-c4ccccc4)cc3)nc(NC3CCC([NH-])CC3)nc21.[Ac]. The summed E-state index contributed by atoms with van der Waals surface area (Å²) < 4.78 is 2.09. The van der Waals surface area contributed by atoms with E-state index in [4.69, 9.17) is 15.7 Å². The Bertz CT molecular complexity index is 1250. The summed E-state index contributed by atoms with van der Waals surface area (Å²) in [6, 6.07) is 19.9. The van der Waals surface area contributed by atoms with Gasteiger partial charge in [0.2, 0.25) is 5.95 Å². The van der Waals surface area contributed by atoms with Crippen LogP contribution in [0.25, 0.3) is 28.0 Å². The van der Waals surface area contributed by atoms with E-state index in [-0.39, 0.29) is 56.1 Å². The average molecular weight is 696 g/mol. The van der Waals surface area contributed by atoms with Gasteiger partial charge in [0.25, 0.3) is 0 Å². The van der Waals surface area contributed by atoms with E-state index in [9.17, 15) is 0 Å². The van der Waals surface area contributed by atoms with Crippen LogP contribution in [0, 0.1) is 44.1 Å². The largest absolute Gasteiger partial charge is 0.675 e. The van der Waals surface area contributed by atoms with Gasteiger partial charge in [-0.05, 0) is 49.8 Å². The van der Waals surface area contributed by atoms with Crippen molar-refractivity contribution in [3.05, 3.63) is 72.2 Å². The van der Waals surface area contributed by atoms with E-state index in [1.165, 1.54) is 16.7 Å². The van der Waals surface area contributed by atoms with E-state index in [0.717, 1.165) is 55.6 Å². The third-order valence-corrected chi connectivity index (χ3v) is 6.81. The number of imidazole rings is 1. The molecule has 0 amide bonds. The predicted octanol–water partition coefficient (Wildman–Crippen LogP) is 6.50. The van der Waals surface area contributed by atoms with Crippen molar-refractivity contribution >= 4 is 22.9 Å². The molecule has 0 saturated heterocycles.